The van der Waals surface area contributed by atoms with Gasteiger partial charge in [-0.1, -0.05) is 6.92 Å². The van der Waals surface area contributed by atoms with Gasteiger partial charge in [0.15, 0.2) is 15.7 Å². The van der Waals surface area contributed by atoms with E-state index in [0.717, 1.165) is 44.1 Å². The SMILES string of the molecule is CCN1CCC[C@@H](Nc2nnc(-c3ccc(S(C)(=O)=O)cc3O)c3cccnc23)C1. The molecule has 1 aromatic carbocycles. The minimum absolute atomic E-state index is 0.0511. The molecule has 9 heteroatoms. The average molecular weight is 428 g/mol. The van der Waals surface area contributed by atoms with Crippen LogP contribution in [0.25, 0.3) is 22.2 Å². The van der Waals surface area contributed by atoms with Crippen molar-refractivity contribution in [3.05, 3.63) is 36.5 Å². The number of likely N-dealkylation sites (N-methyl/N-ethyl adjacent to an activating group) is 1. The molecule has 3 aromatic rings. The van der Waals surface area contributed by atoms with Gasteiger partial charge in [0, 0.05) is 36.0 Å². The largest absolute Gasteiger partial charge is 0.507 e. The lowest BCUT2D eigenvalue weighted by Gasteiger charge is -2.32. The highest BCUT2D eigenvalue weighted by Gasteiger charge is 2.22. The van der Waals surface area contributed by atoms with Crippen molar-refractivity contribution in [2.24, 2.45) is 0 Å². The van der Waals surface area contributed by atoms with Gasteiger partial charge in [-0.15, -0.1) is 10.2 Å². The lowest BCUT2D eigenvalue weighted by atomic mass is 10.0. The van der Waals surface area contributed by atoms with Gasteiger partial charge in [0.05, 0.1) is 4.90 Å². The van der Waals surface area contributed by atoms with Crippen molar-refractivity contribution < 1.29 is 13.5 Å². The van der Waals surface area contributed by atoms with Gasteiger partial charge in [-0.3, -0.25) is 4.98 Å². The molecule has 0 spiro atoms. The number of pyridine rings is 1. The standard InChI is InChI=1S/C21H25N5O3S/c1-3-26-11-5-6-14(13-26)23-21-20-17(7-4-10-22-20)19(24-25-21)16-9-8-15(12-18(16)27)30(2,28)29/h4,7-10,12,14,27H,3,5-6,11,13H2,1-2H3,(H,23,25)/t14-/m1/s1. The topological polar surface area (TPSA) is 108 Å². The van der Waals surface area contributed by atoms with Crippen molar-refractivity contribution in [2.45, 2.75) is 30.7 Å². The molecule has 0 bridgehead atoms. The van der Waals surface area contributed by atoms with Crippen molar-refractivity contribution in [1.82, 2.24) is 20.1 Å². The van der Waals surface area contributed by atoms with Crippen LogP contribution in [0.3, 0.4) is 0 Å². The lowest BCUT2D eigenvalue weighted by molar-refractivity contribution is 0.226. The van der Waals surface area contributed by atoms with Crippen LogP contribution in [0.5, 0.6) is 5.75 Å². The van der Waals surface area contributed by atoms with Crippen LogP contribution < -0.4 is 5.32 Å². The first-order valence-corrected chi connectivity index (χ1v) is 11.9. The number of fused-ring (bicyclic) bond motifs is 1. The Kier molecular flexibility index (Phi) is 5.57. The summed E-state index contributed by atoms with van der Waals surface area (Å²) < 4.78 is 23.5. The van der Waals surface area contributed by atoms with Crippen LogP contribution in [0.1, 0.15) is 19.8 Å². The van der Waals surface area contributed by atoms with Gasteiger partial charge in [-0.2, -0.15) is 0 Å². The predicted molar refractivity (Wildman–Crippen MR) is 116 cm³/mol. The number of rotatable bonds is 5. The zero-order valence-corrected chi connectivity index (χ0v) is 17.9. The summed E-state index contributed by atoms with van der Waals surface area (Å²) >= 11 is 0. The van der Waals surface area contributed by atoms with E-state index in [2.05, 4.69) is 32.3 Å². The molecule has 0 amide bonds. The van der Waals surface area contributed by atoms with Crippen molar-refractivity contribution in [2.75, 3.05) is 31.2 Å². The minimum atomic E-state index is -3.42. The van der Waals surface area contributed by atoms with Gasteiger partial charge >= 0.3 is 0 Å². The third kappa shape index (κ3) is 4.08. The molecule has 1 aliphatic heterocycles. The molecule has 0 saturated carbocycles. The molecule has 4 rings (SSSR count). The number of benzene rings is 1. The Morgan fingerprint density at radius 3 is 2.83 bits per heavy atom. The highest BCUT2D eigenvalue weighted by atomic mass is 32.2. The Balaban J connectivity index is 1.73. The number of phenols is 1. The third-order valence-corrected chi connectivity index (χ3v) is 6.59. The first-order valence-electron chi connectivity index (χ1n) is 10.0. The van der Waals surface area contributed by atoms with E-state index in [1.54, 1.807) is 18.3 Å². The number of nitrogens with zero attached hydrogens (tertiary/aromatic N) is 4. The maximum Gasteiger partial charge on any atom is 0.175 e. The number of nitrogens with one attached hydrogen (secondary N) is 1. The van der Waals surface area contributed by atoms with E-state index in [1.165, 1.54) is 12.1 Å². The fourth-order valence-electron chi connectivity index (χ4n) is 3.88. The molecule has 2 aromatic heterocycles. The molecule has 1 fully saturated rings. The highest BCUT2D eigenvalue weighted by molar-refractivity contribution is 7.90. The van der Waals surface area contributed by atoms with Crippen molar-refractivity contribution in [1.29, 1.82) is 0 Å². The first kappa shape index (κ1) is 20.5. The lowest BCUT2D eigenvalue weighted by Crippen LogP contribution is -2.42. The van der Waals surface area contributed by atoms with E-state index in [4.69, 9.17) is 0 Å². The van der Waals surface area contributed by atoms with Crippen LogP contribution in [0, 0.1) is 0 Å². The summed E-state index contributed by atoms with van der Waals surface area (Å²) in [5, 5.41) is 23.4. The zero-order valence-electron chi connectivity index (χ0n) is 17.0. The van der Waals surface area contributed by atoms with Gasteiger partial charge in [0.25, 0.3) is 0 Å². The van der Waals surface area contributed by atoms with E-state index >= 15 is 0 Å². The van der Waals surface area contributed by atoms with E-state index in [-0.39, 0.29) is 16.7 Å². The molecule has 2 N–H and O–H groups in total. The minimum Gasteiger partial charge on any atom is -0.507 e. The predicted octanol–water partition coefficient (Wildman–Crippen LogP) is 2.70. The maximum absolute atomic E-state index is 11.8. The van der Waals surface area contributed by atoms with Gasteiger partial charge in [-0.25, -0.2) is 8.42 Å². The number of likely N-dealkylation sites (tertiary alicyclic amines) is 1. The van der Waals surface area contributed by atoms with Crippen LogP contribution in [-0.2, 0) is 9.84 Å². The fraction of sp³-hybridized carbons (Fsp3) is 0.381. The van der Waals surface area contributed by atoms with Crippen LogP contribution in [0.4, 0.5) is 5.82 Å². The number of aromatic hydroxyl groups is 1. The Morgan fingerprint density at radius 2 is 2.10 bits per heavy atom. The van der Waals surface area contributed by atoms with Gasteiger partial charge in [-0.05, 0) is 56.3 Å². The van der Waals surface area contributed by atoms with E-state index in [0.29, 0.717) is 22.6 Å². The number of phenolic OH excluding ortho intramolecular Hbond substituents is 1. The van der Waals surface area contributed by atoms with Gasteiger partial charge < -0.3 is 15.3 Å². The van der Waals surface area contributed by atoms with E-state index < -0.39 is 9.84 Å². The summed E-state index contributed by atoms with van der Waals surface area (Å²) in [6.07, 6.45) is 4.99. The number of piperidine rings is 1. The molecule has 0 aliphatic carbocycles. The number of anilines is 1. The summed E-state index contributed by atoms with van der Waals surface area (Å²) in [6.45, 7) is 5.24. The van der Waals surface area contributed by atoms with Crippen molar-refractivity contribution >= 4 is 26.6 Å². The Hall–Kier alpha value is -2.78. The van der Waals surface area contributed by atoms with Crippen LogP contribution >= 0.6 is 0 Å². The molecule has 3 heterocycles. The Morgan fingerprint density at radius 1 is 1.27 bits per heavy atom. The number of hydrogen-bond acceptors (Lipinski definition) is 8. The quantitative estimate of drug-likeness (QED) is 0.640. The van der Waals surface area contributed by atoms with Gasteiger partial charge in [0.1, 0.15) is 17.0 Å². The van der Waals surface area contributed by atoms with E-state index in [9.17, 15) is 13.5 Å². The molecule has 1 aliphatic rings. The Bertz CT molecular complexity index is 1180. The first-order chi connectivity index (χ1) is 14.4. The number of aromatic nitrogens is 3. The zero-order chi connectivity index (χ0) is 21.3. The third-order valence-electron chi connectivity index (χ3n) is 5.48. The molecule has 1 saturated heterocycles. The second-order valence-corrected chi connectivity index (χ2v) is 9.64. The molecule has 1 atom stereocenters. The number of hydrogen-bond donors (Lipinski definition) is 2. The summed E-state index contributed by atoms with van der Waals surface area (Å²) in [5.41, 5.74) is 1.54. The van der Waals surface area contributed by atoms with Crippen molar-refractivity contribution in [3.63, 3.8) is 0 Å². The monoisotopic (exact) mass is 427 g/mol. The normalized spacial score (nSPS) is 17.9. The van der Waals surface area contributed by atoms with Crippen LogP contribution in [0.15, 0.2) is 41.4 Å². The average Bonchev–Trinajstić information content (AvgIpc) is 2.74. The second kappa shape index (κ2) is 8.16. The van der Waals surface area contributed by atoms with Crippen molar-refractivity contribution in [3.8, 4) is 17.0 Å². The second-order valence-electron chi connectivity index (χ2n) is 7.62. The summed E-state index contributed by atoms with van der Waals surface area (Å²) in [7, 11) is -3.42. The molecule has 30 heavy (non-hydrogen) atoms. The summed E-state index contributed by atoms with van der Waals surface area (Å²) in [4.78, 5) is 6.96. The molecule has 158 valence electrons. The smallest absolute Gasteiger partial charge is 0.175 e. The van der Waals surface area contributed by atoms with Crippen LogP contribution in [0.2, 0.25) is 0 Å². The number of sulfone groups is 1. The summed E-state index contributed by atoms with van der Waals surface area (Å²) in [5.74, 6) is 0.452. The molecular weight excluding hydrogens is 402 g/mol. The summed E-state index contributed by atoms with van der Waals surface area (Å²) in [6, 6.07) is 8.20. The van der Waals surface area contributed by atoms with E-state index in [1.807, 2.05) is 6.07 Å². The molecule has 0 radical (unpaired) electrons. The molecular formula is C21H25N5O3S. The molecule has 8 nitrogen and oxygen atoms in total. The van der Waals surface area contributed by atoms with Gasteiger partial charge in [0.2, 0.25) is 0 Å². The highest BCUT2D eigenvalue weighted by Crippen LogP contribution is 2.35. The molecule has 0 unspecified atom stereocenters. The maximum atomic E-state index is 11.8. The fourth-order valence-corrected chi connectivity index (χ4v) is 4.52. The Labute approximate surface area is 175 Å². The van der Waals surface area contributed by atoms with Crippen LogP contribution in [-0.4, -0.2) is 65.5 Å².